The van der Waals surface area contributed by atoms with E-state index < -0.39 is 0 Å². The third-order valence-corrected chi connectivity index (χ3v) is 4.67. The Labute approximate surface area is 128 Å². The van der Waals surface area contributed by atoms with E-state index in [0.717, 1.165) is 37.1 Å². The molecule has 3 nitrogen and oxygen atoms in total. The van der Waals surface area contributed by atoms with Crippen LogP contribution in [-0.4, -0.2) is 30.6 Å². The lowest BCUT2D eigenvalue weighted by Crippen LogP contribution is -2.27. The van der Waals surface area contributed by atoms with Gasteiger partial charge in [-0.05, 0) is 68.8 Å². The van der Waals surface area contributed by atoms with Crippen LogP contribution in [-0.2, 0) is 0 Å². The molecule has 1 saturated heterocycles. The maximum Gasteiger partial charge on any atom is 0.0994 e. The van der Waals surface area contributed by atoms with Gasteiger partial charge in [-0.3, -0.25) is 0 Å². The Morgan fingerprint density at radius 3 is 2.86 bits per heavy atom. The minimum Gasteiger partial charge on any atom is -0.326 e. The predicted octanol–water partition coefficient (Wildman–Crippen LogP) is 3.17. The number of nitriles is 1. The fourth-order valence-electron chi connectivity index (χ4n) is 3.30. The van der Waals surface area contributed by atoms with Crippen LogP contribution in [0, 0.1) is 18.3 Å². The SMILES string of the molecule is CCC(CCCN1CCC(N)C1)c1ccc(C#N)c(C)c1. The van der Waals surface area contributed by atoms with Crippen molar-refractivity contribution in [2.45, 2.75) is 51.5 Å². The third kappa shape index (κ3) is 4.30. The van der Waals surface area contributed by atoms with Crippen LogP contribution < -0.4 is 5.73 Å². The molecule has 1 aromatic rings. The van der Waals surface area contributed by atoms with Crippen molar-refractivity contribution in [1.82, 2.24) is 4.90 Å². The smallest absolute Gasteiger partial charge is 0.0994 e. The van der Waals surface area contributed by atoms with E-state index in [2.05, 4.69) is 30.0 Å². The first-order valence-electron chi connectivity index (χ1n) is 8.12. The maximum absolute atomic E-state index is 9.02. The Kier molecular flexibility index (Phi) is 5.78. The Morgan fingerprint density at radius 1 is 1.48 bits per heavy atom. The molecule has 2 atom stereocenters. The molecule has 21 heavy (non-hydrogen) atoms. The first kappa shape index (κ1) is 16.0. The fourth-order valence-corrected chi connectivity index (χ4v) is 3.30. The van der Waals surface area contributed by atoms with Crippen molar-refractivity contribution >= 4 is 0 Å². The van der Waals surface area contributed by atoms with Crippen LogP contribution in [0.25, 0.3) is 0 Å². The first-order chi connectivity index (χ1) is 10.1. The number of likely N-dealkylation sites (tertiary alicyclic amines) is 1. The van der Waals surface area contributed by atoms with Gasteiger partial charge in [0.1, 0.15) is 0 Å². The van der Waals surface area contributed by atoms with Crippen LogP contribution in [0.5, 0.6) is 0 Å². The number of nitrogens with two attached hydrogens (primary N) is 1. The van der Waals surface area contributed by atoms with Gasteiger partial charge in [0.25, 0.3) is 0 Å². The van der Waals surface area contributed by atoms with Gasteiger partial charge in [0.05, 0.1) is 11.6 Å². The molecule has 114 valence electrons. The van der Waals surface area contributed by atoms with E-state index in [0.29, 0.717) is 12.0 Å². The van der Waals surface area contributed by atoms with Gasteiger partial charge in [-0.2, -0.15) is 5.26 Å². The zero-order valence-electron chi connectivity index (χ0n) is 13.3. The molecular weight excluding hydrogens is 258 g/mol. The zero-order chi connectivity index (χ0) is 15.2. The molecule has 1 aliphatic rings. The van der Waals surface area contributed by atoms with Crippen molar-refractivity contribution < 1.29 is 0 Å². The molecule has 2 N–H and O–H groups in total. The topological polar surface area (TPSA) is 53.0 Å². The molecule has 3 heteroatoms. The lowest BCUT2D eigenvalue weighted by Gasteiger charge is -2.19. The van der Waals surface area contributed by atoms with Gasteiger partial charge in [0, 0.05) is 12.6 Å². The van der Waals surface area contributed by atoms with Crippen LogP contribution in [0.1, 0.15) is 55.2 Å². The van der Waals surface area contributed by atoms with E-state index >= 15 is 0 Å². The Balaban J connectivity index is 1.88. The van der Waals surface area contributed by atoms with Crippen LogP contribution >= 0.6 is 0 Å². The molecule has 0 saturated carbocycles. The van der Waals surface area contributed by atoms with Gasteiger partial charge < -0.3 is 10.6 Å². The number of hydrogen-bond donors (Lipinski definition) is 1. The molecule has 2 rings (SSSR count). The van der Waals surface area contributed by atoms with E-state index in [1.807, 2.05) is 13.0 Å². The molecule has 2 unspecified atom stereocenters. The summed E-state index contributed by atoms with van der Waals surface area (Å²) in [5, 5.41) is 9.02. The minimum absolute atomic E-state index is 0.383. The Morgan fingerprint density at radius 2 is 2.29 bits per heavy atom. The van der Waals surface area contributed by atoms with Gasteiger partial charge in [-0.1, -0.05) is 19.1 Å². The second-order valence-electron chi connectivity index (χ2n) is 6.28. The molecule has 1 heterocycles. The van der Waals surface area contributed by atoms with E-state index in [1.54, 1.807) is 0 Å². The summed E-state index contributed by atoms with van der Waals surface area (Å²) in [7, 11) is 0. The third-order valence-electron chi connectivity index (χ3n) is 4.67. The largest absolute Gasteiger partial charge is 0.326 e. The fraction of sp³-hybridized carbons (Fsp3) is 0.611. The summed E-state index contributed by atoms with van der Waals surface area (Å²) in [6.45, 7) is 7.67. The highest BCUT2D eigenvalue weighted by Crippen LogP contribution is 2.26. The normalized spacial score (nSPS) is 20.4. The number of aryl methyl sites for hydroxylation is 1. The average Bonchev–Trinajstić information content (AvgIpc) is 2.89. The number of rotatable bonds is 6. The van der Waals surface area contributed by atoms with Crippen molar-refractivity contribution in [2.24, 2.45) is 5.73 Å². The summed E-state index contributed by atoms with van der Waals surface area (Å²) in [5.41, 5.74) is 9.22. The minimum atomic E-state index is 0.383. The molecule has 0 radical (unpaired) electrons. The summed E-state index contributed by atoms with van der Waals surface area (Å²) >= 11 is 0. The molecule has 1 fully saturated rings. The zero-order valence-corrected chi connectivity index (χ0v) is 13.3. The molecule has 0 amide bonds. The number of hydrogen-bond acceptors (Lipinski definition) is 3. The van der Waals surface area contributed by atoms with Gasteiger partial charge in [-0.25, -0.2) is 0 Å². The van der Waals surface area contributed by atoms with Crippen LogP contribution in [0.15, 0.2) is 18.2 Å². The number of benzene rings is 1. The van der Waals surface area contributed by atoms with Gasteiger partial charge in [0.15, 0.2) is 0 Å². The van der Waals surface area contributed by atoms with Gasteiger partial charge in [0.2, 0.25) is 0 Å². The quantitative estimate of drug-likeness (QED) is 0.873. The highest BCUT2D eigenvalue weighted by molar-refractivity contribution is 5.40. The number of nitrogens with zero attached hydrogens (tertiary/aromatic N) is 2. The average molecular weight is 285 g/mol. The summed E-state index contributed by atoms with van der Waals surface area (Å²) < 4.78 is 0. The van der Waals surface area contributed by atoms with E-state index in [9.17, 15) is 0 Å². The highest BCUT2D eigenvalue weighted by atomic mass is 15.2. The van der Waals surface area contributed by atoms with Crippen molar-refractivity contribution in [1.29, 1.82) is 5.26 Å². The lowest BCUT2D eigenvalue weighted by molar-refractivity contribution is 0.320. The Hall–Kier alpha value is -1.37. The molecular formula is C18H27N3. The van der Waals surface area contributed by atoms with E-state index in [4.69, 9.17) is 11.0 Å². The van der Waals surface area contributed by atoms with Gasteiger partial charge in [-0.15, -0.1) is 0 Å². The second kappa shape index (κ2) is 7.59. The maximum atomic E-state index is 9.02. The summed E-state index contributed by atoms with van der Waals surface area (Å²) in [6.07, 6.45) is 4.74. The van der Waals surface area contributed by atoms with Crippen molar-refractivity contribution in [3.63, 3.8) is 0 Å². The lowest BCUT2D eigenvalue weighted by atomic mass is 9.90. The Bertz CT molecular complexity index is 504. The summed E-state index contributed by atoms with van der Waals surface area (Å²) in [5.74, 6) is 0.604. The molecule has 1 aliphatic heterocycles. The van der Waals surface area contributed by atoms with E-state index in [1.165, 1.54) is 24.9 Å². The van der Waals surface area contributed by atoms with Crippen LogP contribution in [0.3, 0.4) is 0 Å². The van der Waals surface area contributed by atoms with Crippen molar-refractivity contribution in [3.8, 4) is 6.07 Å². The van der Waals surface area contributed by atoms with Crippen LogP contribution in [0.4, 0.5) is 0 Å². The van der Waals surface area contributed by atoms with Crippen molar-refractivity contribution in [2.75, 3.05) is 19.6 Å². The predicted molar refractivity (Wildman–Crippen MR) is 87.2 cm³/mol. The molecule has 0 aromatic heterocycles. The second-order valence-corrected chi connectivity index (χ2v) is 6.28. The van der Waals surface area contributed by atoms with Crippen molar-refractivity contribution in [3.05, 3.63) is 34.9 Å². The summed E-state index contributed by atoms with van der Waals surface area (Å²) in [4.78, 5) is 2.49. The molecule has 0 spiro atoms. The monoisotopic (exact) mass is 285 g/mol. The first-order valence-corrected chi connectivity index (χ1v) is 8.12. The van der Waals surface area contributed by atoms with Crippen LogP contribution in [0.2, 0.25) is 0 Å². The molecule has 0 bridgehead atoms. The standard InChI is InChI=1S/C18H27N3/c1-3-15(5-4-9-21-10-8-18(20)13-21)16-6-7-17(12-19)14(2)11-16/h6-7,11,15,18H,3-5,8-10,13,20H2,1-2H3. The van der Waals surface area contributed by atoms with Gasteiger partial charge >= 0.3 is 0 Å². The van der Waals surface area contributed by atoms with E-state index in [-0.39, 0.29) is 0 Å². The molecule has 0 aliphatic carbocycles. The molecule has 1 aromatic carbocycles. The highest BCUT2D eigenvalue weighted by Gasteiger charge is 2.19. The summed E-state index contributed by atoms with van der Waals surface area (Å²) in [6, 6.07) is 8.92.